The molecule has 0 bridgehead atoms. The van der Waals surface area contributed by atoms with Crippen LogP contribution in [0.2, 0.25) is 0 Å². The van der Waals surface area contributed by atoms with Crippen LogP contribution < -0.4 is 9.47 Å². The third-order valence-electron chi connectivity index (χ3n) is 4.19. The third-order valence-corrected chi connectivity index (χ3v) is 4.19. The zero-order chi connectivity index (χ0) is 19.9. The van der Waals surface area contributed by atoms with Gasteiger partial charge in [0.15, 0.2) is 5.78 Å². The minimum absolute atomic E-state index is 0.151. The molecule has 0 atom stereocenters. The molecule has 0 amide bonds. The number of allylic oxidation sites excluding steroid dienone is 1. The molecule has 0 saturated heterocycles. The summed E-state index contributed by atoms with van der Waals surface area (Å²) in [6, 6.07) is 21.1. The van der Waals surface area contributed by atoms with E-state index in [1.807, 2.05) is 43.3 Å². The molecule has 3 aromatic rings. The second-order valence-corrected chi connectivity index (χ2v) is 6.22. The molecule has 0 fully saturated rings. The number of methoxy groups -OCH3 is 1. The molecule has 3 aromatic carbocycles. The summed E-state index contributed by atoms with van der Waals surface area (Å²) in [5.74, 6) is 0.498. The van der Waals surface area contributed by atoms with Crippen molar-refractivity contribution in [1.29, 1.82) is 0 Å². The first-order valence-corrected chi connectivity index (χ1v) is 8.81. The second kappa shape index (κ2) is 8.82. The molecule has 3 rings (SSSR count). The van der Waals surface area contributed by atoms with E-state index in [1.165, 1.54) is 6.08 Å². The molecule has 0 saturated carbocycles. The van der Waals surface area contributed by atoms with Crippen LogP contribution >= 0.6 is 0 Å². The molecule has 0 N–H and O–H groups in total. The Balaban J connectivity index is 1.66. The average Bonchev–Trinajstić information content (AvgIpc) is 2.73. The van der Waals surface area contributed by atoms with Gasteiger partial charge in [-0.05, 0) is 61.5 Å². The number of aryl methyl sites for hydroxylation is 1. The standard InChI is InChI=1S/C24H20O4/c1-17-7-9-20(10-8-17)24(26)28-21-14-11-18(12-15-21)22(25)16-13-19-5-3-4-6-23(19)27-2/h3-16H,1-2H3. The van der Waals surface area contributed by atoms with Gasteiger partial charge in [0.25, 0.3) is 0 Å². The van der Waals surface area contributed by atoms with Crippen LogP contribution in [-0.2, 0) is 0 Å². The van der Waals surface area contributed by atoms with Gasteiger partial charge < -0.3 is 9.47 Å². The first-order valence-electron chi connectivity index (χ1n) is 8.81. The van der Waals surface area contributed by atoms with E-state index >= 15 is 0 Å². The number of ether oxygens (including phenoxy) is 2. The Morgan fingerprint density at radius 1 is 0.821 bits per heavy atom. The van der Waals surface area contributed by atoms with Crippen molar-refractivity contribution in [2.45, 2.75) is 6.92 Å². The van der Waals surface area contributed by atoms with Gasteiger partial charge in [-0.25, -0.2) is 4.79 Å². The van der Waals surface area contributed by atoms with E-state index in [9.17, 15) is 9.59 Å². The molecule has 0 aliphatic heterocycles. The minimum Gasteiger partial charge on any atom is -0.496 e. The molecule has 4 nitrogen and oxygen atoms in total. The number of benzene rings is 3. The third kappa shape index (κ3) is 4.74. The average molecular weight is 372 g/mol. The van der Waals surface area contributed by atoms with Gasteiger partial charge in [-0.15, -0.1) is 0 Å². The van der Waals surface area contributed by atoms with Crippen LogP contribution in [0.5, 0.6) is 11.5 Å². The first kappa shape index (κ1) is 19.1. The fourth-order valence-corrected chi connectivity index (χ4v) is 2.61. The van der Waals surface area contributed by atoms with Crippen LogP contribution in [0.1, 0.15) is 31.8 Å². The summed E-state index contributed by atoms with van der Waals surface area (Å²) in [5.41, 5.74) is 2.87. The van der Waals surface area contributed by atoms with Crippen molar-refractivity contribution in [2.24, 2.45) is 0 Å². The monoisotopic (exact) mass is 372 g/mol. The van der Waals surface area contributed by atoms with Crippen LogP contribution in [0.3, 0.4) is 0 Å². The predicted octanol–water partition coefficient (Wildman–Crippen LogP) is 5.12. The summed E-state index contributed by atoms with van der Waals surface area (Å²) in [7, 11) is 1.59. The lowest BCUT2D eigenvalue weighted by Crippen LogP contribution is -2.08. The van der Waals surface area contributed by atoms with Gasteiger partial charge in [-0.2, -0.15) is 0 Å². The largest absolute Gasteiger partial charge is 0.496 e. The SMILES string of the molecule is COc1ccccc1C=CC(=O)c1ccc(OC(=O)c2ccc(C)cc2)cc1. The highest BCUT2D eigenvalue weighted by Gasteiger charge is 2.09. The van der Waals surface area contributed by atoms with Gasteiger partial charge >= 0.3 is 5.97 Å². The van der Waals surface area contributed by atoms with E-state index in [0.717, 1.165) is 11.1 Å². The second-order valence-electron chi connectivity index (χ2n) is 6.22. The quantitative estimate of drug-likeness (QED) is 0.261. The topological polar surface area (TPSA) is 52.6 Å². The molecule has 0 aromatic heterocycles. The van der Waals surface area contributed by atoms with E-state index in [1.54, 1.807) is 49.6 Å². The van der Waals surface area contributed by atoms with Gasteiger partial charge in [0.1, 0.15) is 11.5 Å². The predicted molar refractivity (Wildman–Crippen MR) is 109 cm³/mol. The Morgan fingerprint density at radius 2 is 1.46 bits per heavy atom. The molecule has 0 spiro atoms. The van der Waals surface area contributed by atoms with Crippen LogP contribution in [0, 0.1) is 6.92 Å². The summed E-state index contributed by atoms with van der Waals surface area (Å²) in [6.45, 7) is 1.95. The molecule has 0 aliphatic carbocycles. The smallest absolute Gasteiger partial charge is 0.343 e. The normalized spacial score (nSPS) is 10.6. The van der Waals surface area contributed by atoms with E-state index in [4.69, 9.17) is 9.47 Å². The van der Waals surface area contributed by atoms with E-state index < -0.39 is 5.97 Å². The van der Waals surface area contributed by atoms with E-state index in [0.29, 0.717) is 22.6 Å². The Bertz CT molecular complexity index is 1000. The zero-order valence-corrected chi connectivity index (χ0v) is 15.7. The van der Waals surface area contributed by atoms with Gasteiger partial charge in [0.05, 0.1) is 12.7 Å². The number of ketones is 1. The molecule has 0 aliphatic rings. The highest BCUT2D eigenvalue weighted by Crippen LogP contribution is 2.20. The van der Waals surface area contributed by atoms with Gasteiger partial charge in [0.2, 0.25) is 0 Å². The first-order chi connectivity index (χ1) is 13.6. The number of para-hydroxylation sites is 1. The molecular weight excluding hydrogens is 352 g/mol. The number of rotatable bonds is 6. The van der Waals surface area contributed by atoms with Gasteiger partial charge in [-0.3, -0.25) is 4.79 Å². The van der Waals surface area contributed by atoms with Crippen molar-refractivity contribution >= 4 is 17.8 Å². The Morgan fingerprint density at radius 3 is 2.14 bits per heavy atom. The van der Waals surface area contributed by atoms with Crippen molar-refractivity contribution in [3.8, 4) is 11.5 Å². The molecule has 0 heterocycles. The molecule has 28 heavy (non-hydrogen) atoms. The fourth-order valence-electron chi connectivity index (χ4n) is 2.61. The number of hydrogen-bond donors (Lipinski definition) is 0. The lowest BCUT2D eigenvalue weighted by atomic mass is 10.1. The summed E-state index contributed by atoms with van der Waals surface area (Å²) in [6.07, 6.45) is 3.21. The number of carbonyl (C=O) groups excluding carboxylic acids is 2. The molecule has 4 heteroatoms. The van der Waals surface area contributed by atoms with Crippen LogP contribution in [0.15, 0.2) is 78.9 Å². The minimum atomic E-state index is -0.435. The number of esters is 1. The lowest BCUT2D eigenvalue weighted by molar-refractivity contribution is 0.0734. The Labute approximate surface area is 164 Å². The maximum absolute atomic E-state index is 12.4. The van der Waals surface area contributed by atoms with Crippen molar-refractivity contribution in [2.75, 3.05) is 7.11 Å². The van der Waals surface area contributed by atoms with Crippen molar-refractivity contribution in [1.82, 2.24) is 0 Å². The van der Waals surface area contributed by atoms with E-state index in [-0.39, 0.29) is 5.78 Å². The molecule has 0 unspecified atom stereocenters. The van der Waals surface area contributed by atoms with Crippen LogP contribution in [-0.4, -0.2) is 18.9 Å². The highest BCUT2D eigenvalue weighted by atomic mass is 16.5. The van der Waals surface area contributed by atoms with E-state index in [2.05, 4.69) is 0 Å². The van der Waals surface area contributed by atoms with Gasteiger partial charge in [0, 0.05) is 11.1 Å². The van der Waals surface area contributed by atoms with Crippen molar-refractivity contribution < 1.29 is 19.1 Å². The molecule has 140 valence electrons. The summed E-state index contributed by atoms with van der Waals surface area (Å²) in [5, 5.41) is 0. The summed E-state index contributed by atoms with van der Waals surface area (Å²) >= 11 is 0. The fraction of sp³-hybridized carbons (Fsp3) is 0.0833. The maximum atomic E-state index is 12.4. The Hall–Kier alpha value is -3.66. The van der Waals surface area contributed by atoms with Crippen LogP contribution in [0.4, 0.5) is 0 Å². The van der Waals surface area contributed by atoms with Gasteiger partial charge in [-0.1, -0.05) is 35.9 Å². The lowest BCUT2D eigenvalue weighted by Gasteiger charge is -2.05. The summed E-state index contributed by atoms with van der Waals surface area (Å²) < 4.78 is 10.6. The zero-order valence-electron chi connectivity index (χ0n) is 15.7. The van der Waals surface area contributed by atoms with Crippen molar-refractivity contribution in [3.63, 3.8) is 0 Å². The maximum Gasteiger partial charge on any atom is 0.343 e. The van der Waals surface area contributed by atoms with Crippen LogP contribution in [0.25, 0.3) is 6.08 Å². The summed E-state index contributed by atoms with van der Waals surface area (Å²) in [4.78, 5) is 24.5. The molecule has 0 radical (unpaired) electrons. The Kier molecular flexibility index (Phi) is 6.02. The molecular formula is C24H20O4. The number of carbonyl (C=O) groups is 2. The highest BCUT2D eigenvalue weighted by molar-refractivity contribution is 6.07. The number of hydrogen-bond acceptors (Lipinski definition) is 4. The van der Waals surface area contributed by atoms with Crippen molar-refractivity contribution in [3.05, 3.63) is 101 Å².